The maximum atomic E-state index is 13.0. The van der Waals surface area contributed by atoms with Gasteiger partial charge in [0.05, 0.1) is 0 Å². The van der Waals surface area contributed by atoms with Crippen molar-refractivity contribution < 1.29 is 4.79 Å². The number of halogens is 1. The van der Waals surface area contributed by atoms with Crippen LogP contribution in [-0.2, 0) is 13.1 Å². The Kier molecular flexibility index (Phi) is 5.44. The Hall–Kier alpha value is -2.39. The molecule has 0 radical (unpaired) electrons. The van der Waals surface area contributed by atoms with Crippen LogP contribution in [0.5, 0.6) is 0 Å². The molecule has 0 aliphatic rings. The van der Waals surface area contributed by atoms with Crippen LogP contribution in [0.2, 0.25) is 0 Å². The van der Waals surface area contributed by atoms with Crippen molar-refractivity contribution in [2.45, 2.75) is 13.1 Å². The lowest BCUT2D eigenvalue weighted by atomic mass is 10.1. The number of amides is 1. The quantitative estimate of drug-likeness (QED) is 0.589. The van der Waals surface area contributed by atoms with Crippen LogP contribution < -0.4 is 0 Å². The first-order chi connectivity index (χ1) is 11.7. The zero-order chi connectivity index (χ0) is 16.8. The predicted molar refractivity (Wildman–Crippen MR) is 101 cm³/mol. The highest BCUT2D eigenvalue weighted by atomic mass is 79.9. The molecule has 3 rings (SSSR count). The SMILES string of the molecule is O=C(c1cccc(Br)c1)N(Cc1ccccc1)Cc1ccccc1. The van der Waals surface area contributed by atoms with E-state index in [1.807, 2.05) is 89.8 Å². The smallest absolute Gasteiger partial charge is 0.254 e. The Bertz CT molecular complexity index is 761. The van der Waals surface area contributed by atoms with Gasteiger partial charge in [-0.05, 0) is 29.3 Å². The van der Waals surface area contributed by atoms with E-state index in [-0.39, 0.29) is 5.91 Å². The second-order valence-corrected chi connectivity index (χ2v) is 6.56. The molecule has 2 nitrogen and oxygen atoms in total. The number of benzene rings is 3. The first-order valence-corrected chi connectivity index (χ1v) is 8.64. The summed E-state index contributed by atoms with van der Waals surface area (Å²) in [5, 5.41) is 0. The average molecular weight is 380 g/mol. The van der Waals surface area contributed by atoms with Gasteiger partial charge in [-0.3, -0.25) is 4.79 Å². The lowest BCUT2D eigenvalue weighted by Gasteiger charge is -2.23. The summed E-state index contributed by atoms with van der Waals surface area (Å²) >= 11 is 3.44. The fraction of sp³-hybridized carbons (Fsp3) is 0.0952. The van der Waals surface area contributed by atoms with Crippen LogP contribution in [0.3, 0.4) is 0 Å². The van der Waals surface area contributed by atoms with Gasteiger partial charge in [0.2, 0.25) is 0 Å². The Morgan fingerprint density at radius 2 is 1.29 bits per heavy atom. The van der Waals surface area contributed by atoms with Crippen molar-refractivity contribution in [1.29, 1.82) is 0 Å². The summed E-state index contributed by atoms with van der Waals surface area (Å²) in [6.45, 7) is 1.17. The first-order valence-electron chi connectivity index (χ1n) is 7.85. The zero-order valence-corrected chi connectivity index (χ0v) is 14.8. The summed E-state index contributed by atoms with van der Waals surface area (Å²) in [6, 6.07) is 27.7. The van der Waals surface area contributed by atoms with Crippen molar-refractivity contribution in [2.24, 2.45) is 0 Å². The van der Waals surface area contributed by atoms with Crippen LogP contribution >= 0.6 is 15.9 Å². The van der Waals surface area contributed by atoms with Gasteiger partial charge in [-0.1, -0.05) is 82.7 Å². The molecule has 0 fully saturated rings. The van der Waals surface area contributed by atoms with E-state index in [0.717, 1.165) is 15.6 Å². The first kappa shape index (κ1) is 16.5. The molecule has 0 spiro atoms. The molecule has 0 saturated carbocycles. The third kappa shape index (κ3) is 4.33. The molecule has 0 unspecified atom stereocenters. The highest BCUT2D eigenvalue weighted by molar-refractivity contribution is 9.10. The molecule has 0 aromatic heterocycles. The van der Waals surface area contributed by atoms with Crippen molar-refractivity contribution in [1.82, 2.24) is 4.90 Å². The number of hydrogen-bond donors (Lipinski definition) is 0. The molecule has 0 aliphatic heterocycles. The molecule has 24 heavy (non-hydrogen) atoms. The van der Waals surface area contributed by atoms with Crippen molar-refractivity contribution in [3.8, 4) is 0 Å². The second-order valence-electron chi connectivity index (χ2n) is 5.64. The standard InChI is InChI=1S/C21H18BrNO/c22-20-13-7-12-19(14-20)21(24)23(15-17-8-3-1-4-9-17)16-18-10-5-2-6-11-18/h1-14H,15-16H2. The monoisotopic (exact) mass is 379 g/mol. The maximum Gasteiger partial charge on any atom is 0.254 e. The third-order valence-corrected chi connectivity index (χ3v) is 4.28. The van der Waals surface area contributed by atoms with Gasteiger partial charge in [0, 0.05) is 23.1 Å². The lowest BCUT2D eigenvalue weighted by molar-refractivity contribution is 0.0730. The Balaban J connectivity index is 1.87. The molecule has 0 heterocycles. The summed E-state index contributed by atoms with van der Waals surface area (Å²) in [7, 11) is 0. The van der Waals surface area contributed by atoms with Gasteiger partial charge in [0.25, 0.3) is 5.91 Å². The number of hydrogen-bond acceptors (Lipinski definition) is 1. The summed E-state index contributed by atoms with van der Waals surface area (Å²) in [5.41, 5.74) is 2.93. The minimum absolute atomic E-state index is 0.0315. The Morgan fingerprint density at radius 1 is 0.750 bits per heavy atom. The number of nitrogens with zero attached hydrogens (tertiary/aromatic N) is 1. The van der Waals surface area contributed by atoms with E-state index in [2.05, 4.69) is 15.9 Å². The van der Waals surface area contributed by atoms with Crippen LogP contribution in [0.25, 0.3) is 0 Å². The molecular formula is C21H18BrNO. The van der Waals surface area contributed by atoms with Gasteiger partial charge in [-0.15, -0.1) is 0 Å². The van der Waals surface area contributed by atoms with Crippen molar-refractivity contribution >= 4 is 21.8 Å². The van der Waals surface area contributed by atoms with Crippen LogP contribution in [0.15, 0.2) is 89.4 Å². The van der Waals surface area contributed by atoms with Crippen molar-refractivity contribution in [2.75, 3.05) is 0 Å². The normalized spacial score (nSPS) is 10.4. The Morgan fingerprint density at radius 3 is 1.79 bits per heavy atom. The van der Waals surface area contributed by atoms with E-state index in [4.69, 9.17) is 0 Å². The molecule has 1 amide bonds. The van der Waals surface area contributed by atoms with Gasteiger partial charge in [-0.25, -0.2) is 0 Å². The maximum absolute atomic E-state index is 13.0. The van der Waals surface area contributed by atoms with Gasteiger partial charge >= 0.3 is 0 Å². The summed E-state index contributed by atoms with van der Waals surface area (Å²) in [4.78, 5) is 14.9. The minimum atomic E-state index is 0.0315. The van der Waals surface area contributed by atoms with E-state index in [0.29, 0.717) is 18.7 Å². The van der Waals surface area contributed by atoms with Crippen molar-refractivity contribution in [3.05, 3.63) is 106 Å². The highest BCUT2D eigenvalue weighted by Gasteiger charge is 2.17. The summed E-state index contributed by atoms with van der Waals surface area (Å²) in [6.07, 6.45) is 0. The average Bonchev–Trinajstić information content (AvgIpc) is 2.62. The van der Waals surface area contributed by atoms with Gasteiger partial charge in [-0.2, -0.15) is 0 Å². The van der Waals surface area contributed by atoms with E-state index < -0.39 is 0 Å². The fourth-order valence-corrected chi connectivity index (χ4v) is 3.01. The predicted octanol–water partition coefficient (Wildman–Crippen LogP) is 5.29. The molecule has 120 valence electrons. The molecule has 3 heteroatoms. The largest absolute Gasteiger partial charge is 0.330 e. The Labute approximate surface area is 150 Å². The minimum Gasteiger partial charge on any atom is -0.330 e. The molecule has 0 saturated heterocycles. The van der Waals surface area contributed by atoms with Crippen molar-refractivity contribution in [3.63, 3.8) is 0 Å². The molecule has 3 aromatic carbocycles. The molecule has 0 aliphatic carbocycles. The lowest BCUT2D eigenvalue weighted by Crippen LogP contribution is -2.30. The van der Waals surface area contributed by atoms with Gasteiger partial charge in [0.15, 0.2) is 0 Å². The highest BCUT2D eigenvalue weighted by Crippen LogP contribution is 2.17. The second kappa shape index (κ2) is 7.93. The van der Waals surface area contributed by atoms with Gasteiger partial charge < -0.3 is 4.90 Å². The van der Waals surface area contributed by atoms with Crippen LogP contribution in [-0.4, -0.2) is 10.8 Å². The molecule has 0 bridgehead atoms. The van der Waals surface area contributed by atoms with E-state index in [9.17, 15) is 4.79 Å². The molecule has 0 atom stereocenters. The van der Waals surface area contributed by atoms with Gasteiger partial charge in [0.1, 0.15) is 0 Å². The summed E-state index contributed by atoms with van der Waals surface area (Å²) in [5.74, 6) is 0.0315. The number of carbonyl (C=O) groups is 1. The fourth-order valence-electron chi connectivity index (χ4n) is 2.61. The molecular weight excluding hydrogens is 362 g/mol. The van der Waals surface area contributed by atoms with Crippen LogP contribution in [0.1, 0.15) is 21.5 Å². The number of carbonyl (C=O) groups excluding carboxylic acids is 1. The number of rotatable bonds is 5. The van der Waals surface area contributed by atoms with E-state index >= 15 is 0 Å². The van der Waals surface area contributed by atoms with Crippen LogP contribution in [0.4, 0.5) is 0 Å². The van der Waals surface area contributed by atoms with E-state index in [1.165, 1.54) is 0 Å². The topological polar surface area (TPSA) is 20.3 Å². The molecule has 3 aromatic rings. The van der Waals surface area contributed by atoms with E-state index in [1.54, 1.807) is 0 Å². The van der Waals surface area contributed by atoms with Crippen LogP contribution in [0, 0.1) is 0 Å². The molecule has 0 N–H and O–H groups in total. The summed E-state index contributed by atoms with van der Waals surface area (Å²) < 4.78 is 0.910. The third-order valence-electron chi connectivity index (χ3n) is 3.79. The zero-order valence-electron chi connectivity index (χ0n) is 13.2.